The van der Waals surface area contributed by atoms with E-state index >= 15 is 0 Å². The minimum Gasteiger partial charge on any atom is -0.355 e. The Kier molecular flexibility index (Phi) is 5.99. The monoisotopic (exact) mass is 356 g/mol. The number of amides is 2. The van der Waals surface area contributed by atoms with E-state index in [2.05, 4.69) is 10.6 Å². The molecule has 0 radical (unpaired) electrons. The van der Waals surface area contributed by atoms with Gasteiger partial charge in [-0.25, -0.2) is 0 Å². The molecule has 0 saturated carbocycles. The average Bonchev–Trinajstić information content (AvgIpc) is 2.58. The van der Waals surface area contributed by atoms with Crippen molar-refractivity contribution in [1.29, 1.82) is 0 Å². The van der Waals surface area contributed by atoms with Crippen LogP contribution in [-0.2, 0) is 4.79 Å². The lowest BCUT2D eigenvalue weighted by molar-refractivity contribution is -0.112. The minimum absolute atomic E-state index is 0.265. The number of nitrogens with one attached hydrogen (secondary N) is 2. The summed E-state index contributed by atoms with van der Waals surface area (Å²) < 4.78 is 0. The van der Waals surface area contributed by atoms with E-state index in [-0.39, 0.29) is 11.8 Å². The fraction of sp³-hybridized carbons (Fsp3) is 0.200. The van der Waals surface area contributed by atoms with Crippen molar-refractivity contribution >= 4 is 35.2 Å². The molecule has 0 unspecified atom stereocenters. The molecule has 4 nitrogen and oxygen atoms in total. The van der Waals surface area contributed by atoms with E-state index in [1.54, 1.807) is 26.0 Å². The van der Waals surface area contributed by atoms with Gasteiger partial charge >= 0.3 is 0 Å². The van der Waals surface area contributed by atoms with E-state index in [9.17, 15) is 9.59 Å². The predicted octanol–water partition coefficient (Wildman–Crippen LogP) is 4.36. The normalized spacial score (nSPS) is 11.2. The van der Waals surface area contributed by atoms with Gasteiger partial charge in [0.15, 0.2) is 0 Å². The molecule has 0 heterocycles. The van der Waals surface area contributed by atoms with Crippen molar-refractivity contribution in [3.63, 3.8) is 0 Å². The molecule has 0 bridgehead atoms. The zero-order valence-electron chi connectivity index (χ0n) is 14.7. The first-order valence-electron chi connectivity index (χ1n) is 7.91. The SMILES string of the molecule is CNC(=O)c1cc(Cl)cc(C)c1NC(=O)/C(C)=C/c1ccccc1C. The summed E-state index contributed by atoms with van der Waals surface area (Å²) in [7, 11) is 1.54. The van der Waals surface area contributed by atoms with Crippen LogP contribution in [0.3, 0.4) is 0 Å². The molecule has 2 aromatic carbocycles. The van der Waals surface area contributed by atoms with E-state index < -0.39 is 0 Å². The van der Waals surface area contributed by atoms with E-state index in [1.165, 1.54) is 7.05 Å². The Morgan fingerprint density at radius 2 is 1.76 bits per heavy atom. The highest BCUT2D eigenvalue weighted by Gasteiger charge is 2.17. The van der Waals surface area contributed by atoms with Gasteiger partial charge in [-0.05, 0) is 55.7 Å². The molecule has 25 heavy (non-hydrogen) atoms. The predicted molar refractivity (Wildman–Crippen MR) is 103 cm³/mol. The number of anilines is 1. The van der Waals surface area contributed by atoms with Crippen molar-refractivity contribution in [3.05, 3.63) is 69.2 Å². The van der Waals surface area contributed by atoms with Crippen LogP contribution in [0.5, 0.6) is 0 Å². The fourth-order valence-corrected chi connectivity index (χ4v) is 2.76. The summed E-state index contributed by atoms with van der Waals surface area (Å²) in [6.07, 6.45) is 1.83. The van der Waals surface area contributed by atoms with Gasteiger partial charge in [-0.3, -0.25) is 9.59 Å². The van der Waals surface area contributed by atoms with Gasteiger partial charge in [0.25, 0.3) is 11.8 Å². The van der Waals surface area contributed by atoms with Crippen molar-refractivity contribution in [2.24, 2.45) is 0 Å². The number of aryl methyl sites for hydroxylation is 2. The highest BCUT2D eigenvalue weighted by Crippen LogP contribution is 2.26. The van der Waals surface area contributed by atoms with Crippen LogP contribution in [0.15, 0.2) is 42.0 Å². The summed E-state index contributed by atoms with van der Waals surface area (Å²) in [5, 5.41) is 5.84. The highest BCUT2D eigenvalue weighted by molar-refractivity contribution is 6.31. The number of carbonyl (C=O) groups is 2. The third kappa shape index (κ3) is 4.48. The Balaban J connectivity index is 2.35. The smallest absolute Gasteiger partial charge is 0.253 e. The molecule has 2 amide bonds. The Morgan fingerprint density at radius 3 is 2.40 bits per heavy atom. The molecule has 0 aliphatic rings. The van der Waals surface area contributed by atoms with Gasteiger partial charge in [0.1, 0.15) is 0 Å². The van der Waals surface area contributed by atoms with Gasteiger partial charge in [0, 0.05) is 17.6 Å². The molecule has 0 aromatic heterocycles. The lowest BCUT2D eigenvalue weighted by Gasteiger charge is -2.14. The number of halogens is 1. The second kappa shape index (κ2) is 7.99. The molecule has 130 valence electrons. The molecular formula is C20H21ClN2O2. The van der Waals surface area contributed by atoms with Gasteiger partial charge in [0.2, 0.25) is 0 Å². The maximum Gasteiger partial charge on any atom is 0.253 e. The van der Waals surface area contributed by atoms with Gasteiger partial charge in [-0.15, -0.1) is 0 Å². The third-order valence-corrected chi connectivity index (χ3v) is 4.15. The fourth-order valence-electron chi connectivity index (χ4n) is 2.48. The van der Waals surface area contributed by atoms with Gasteiger partial charge in [-0.1, -0.05) is 35.9 Å². The van der Waals surface area contributed by atoms with Crippen LogP contribution in [-0.4, -0.2) is 18.9 Å². The van der Waals surface area contributed by atoms with Crippen LogP contribution in [0.2, 0.25) is 5.02 Å². The van der Waals surface area contributed by atoms with Crippen LogP contribution >= 0.6 is 11.6 Å². The first-order valence-corrected chi connectivity index (χ1v) is 8.28. The van der Waals surface area contributed by atoms with Gasteiger partial charge in [0.05, 0.1) is 11.3 Å². The zero-order chi connectivity index (χ0) is 18.6. The van der Waals surface area contributed by atoms with E-state index in [4.69, 9.17) is 11.6 Å². The second-order valence-electron chi connectivity index (χ2n) is 5.86. The Hall–Kier alpha value is -2.59. The van der Waals surface area contributed by atoms with Crippen molar-refractivity contribution in [2.75, 3.05) is 12.4 Å². The molecule has 0 saturated heterocycles. The molecule has 0 spiro atoms. The van der Waals surface area contributed by atoms with Gasteiger partial charge < -0.3 is 10.6 Å². The lowest BCUT2D eigenvalue weighted by Crippen LogP contribution is -2.22. The summed E-state index contributed by atoms with van der Waals surface area (Å²) in [5.74, 6) is -0.569. The maximum absolute atomic E-state index is 12.6. The number of carbonyl (C=O) groups excluding carboxylic acids is 2. The van der Waals surface area contributed by atoms with E-state index in [0.717, 1.165) is 16.7 Å². The summed E-state index contributed by atoms with van der Waals surface area (Å²) in [4.78, 5) is 24.7. The molecule has 0 fully saturated rings. The second-order valence-corrected chi connectivity index (χ2v) is 6.30. The van der Waals surface area contributed by atoms with E-state index in [0.29, 0.717) is 21.8 Å². The highest BCUT2D eigenvalue weighted by atomic mass is 35.5. The first kappa shape index (κ1) is 18.7. The quantitative estimate of drug-likeness (QED) is 0.800. The molecular weight excluding hydrogens is 336 g/mol. The van der Waals surface area contributed by atoms with Gasteiger partial charge in [-0.2, -0.15) is 0 Å². The van der Waals surface area contributed by atoms with Crippen LogP contribution in [0, 0.1) is 13.8 Å². The van der Waals surface area contributed by atoms with Crippen LogP contribution < -0.4 is 10.6 Å². The summed E-state index contributed by atoms with van der Waals surface area (Å²) >= 11 is 6.04. The van der Waals surface area contributed by atoms with Crippen LogP contribution in [0.4, 0.5) is 5.69 Å². The lowest BCUT2D eigenvalue weighted by atomic mass is 10.0. The summed E-state index contributed by atoms with van der Waals surface area (Å²) in [5.41, 5.74) is 4.14. The first-order chi connectivity index (χ1) is 11.8. The topological polar surface area (TPSA) is 58.2 Å². The van der Waals surface area contributed by atoms with E-state index in [1.807, 2.05) is 37.3 Å². The van der Waals surface area contributed by atoms with Crippen molar-refractivity contribution < 1.29 is 9.59 Å². The molecule has 2 aromatic rings. The molecule has 0 aliphatic heterocycles. The largest absolute Gasteiger partial charge is 0.355 e. The van der Waals surface area contributed by atoms with Crippen LogP contribution in [0.25, 0.3) is 6.08 Å². The minimum atomic E-state index is -0.304. The molecule has 0 atom stereocenters. The third-order valence-electron chi connectivity index (χ3n) is 3.93. The molecule has 5 heteroatoms. The summed E-state index contributed by atoms with van der Waals surface area (Å²) in [6.45, 7) is 5.53. The molecule has 2 N–H and O–H groups in total. The zero-order valence-corrected chi connectivity index (χ0v) is 15.5. The summed E-state index contributed by atoms with van der Waals surface area (Å²) in [6, 6.07) is 11.1. The number of rotatable bonds is 4. The van der Waals surface area contributed by atoms with Crippen molar-refractivity contribution in [1.82, 2.24) is 5.32 Å². The number of hydrogen-bond donors (Lipinski definition) is 2. The standard InChI is InChI=1S/C20H21ClN2O2/c1-12-7-5-6-8-15(12)9-14(3)19(24)23-18-13(2)10-16(21)11-17(18)20(25)22-4/h5-11H,1-4H3,(H,22,25)(H,23,24)/b14-9+. The Morgan fingerprint density at radius 1 is 1.08 bits per heavy atom. The van der Waals surface area contributed by atoms with Crippen molar-refractivity contribution in [2.45, 2.75) is 20.8 Å². The maximum atomic E-state index is 12.6. The Labute approximate surface area is 152 Å². The Bertz CT molecular complexity index is 857. The van der Waals surface area contributed by atoms with Crippen molar-refractivity contribution in [3.8, 4) is 0 Å². The van der Waals surface area contributed by atoms with Crippen LogP contribution in [0.1, 0.15) is 34.0 Å². The number of benzene rings is 2. The molecule has 2 rings (SSSR count). The molecule has 0 aliphatic carbocycles. The average molecular weight is 357 g/mol. The number of hydrogen-bond acceptors (Lipinski definition) is 2.